The fourth-order valence-electron chi connectivity index (χ4n) is 3.45. The van der Waals surface area contributed by atoms with Crippen LogP contribution in [0.4, 0.5) is 0 Å². The van der Waals surface area contributed by atoms with E-state index < -0.39 is 0 Å². The van der Waals surface area contributed by atoms with Gasteiger partial charge in [-0.1, -0.05) is 18.7 Å². The number of nitrogens with one attached hydrogen (secondary N) is 1. The van der Waals surface area contributed by atoms with Gasteiger partial charge in [0.1, 0.15) is 6.04 Å². The molecule has 1 spiro atoms. The smallest absolute Gasteiger partial charge is 0.249 e. The van der Waals surface area contributed by atoms with E-state index in [2.05, 4.69) is 22.9 Å². The van der Waals surface area contributed by atoms with Crippen molar-refractivity contribution in [1.82, 2.24) is 10.2 Å². The van der Waals surface area contributed by atoms with Gasteiger partial charge in [0.25, 0.3) is 0 Å². The van der Waals surface area contributed by atoms with E-state index in [1.54, 1.807) is 0 Å². The molecular formula is C16H20N2O2. The molecule has 0 radical (unpaired) electrons. The Balaban J connectivity index is 1.96. The van der Waals surface area contributed by atoms with Crippen LogP contribution in [0.15, 0.2) is 36.1 Å². The highest BCUT2D eigenvalue weighted by Crippen LogP contribution is 2.55. The summed E-state index contributed by atoms with van der Waals surface area (Å²) in [6, 6.07) is -0.223. The van der Waals surface area contributed by atoms with Crippen molar-refractivity contribution in [2.24, 2.45) is 0 Å². The summed E-state index contributed by atoms with van der Waals surface area (Å²) in [6.07, 6.45) is 10.2. The molecular weight excluding hydrogens is 252 g/mol. The highest BCUT2D eigenvalue weighted by atomic mass is 16.2. The first-order chi connectivity index (χ1) is 9.61. The number of nitrogens with zero attached hydrogens (tertiary/aromatic N) is 1. The Morgan fingerprint density at radius 3 is 2.70 bits per heavy atom. The van der Waals surface area contributed by atoms with E-state index in [1.807, 2.05) is 19.1 Å². The molecule has 1 aliphatic carbocycles. The van der Waals surface area contributed by atoms with Crippen molar-refractivity contribution in [2.75, 3.05) is 0 Å². The summed E-state index contributed by atoms with van der Waals surface area (Å²) >= 11 is 0. The van der Waals surface area contributed by atoms with Crippen molar-refractivity contribution in [2.45, 2.75) is 50.6 Å². The van der Waals surface area contributed by atoms with E-state index in [0.717, 1.165) is 25.0 Å². The van der Waals surface area contributed by atoms with Crippen LogP contribution in [0, 0.1) is 0 Å². The van der Waals surface area contributed by atoms with Crippen molar-refractivity contribution in [3.8, 4) is 0 Å². The summed E-state index contributed by atoms with van der Waals surface area (Å²) in [5, 5.41) is 2.48. The molecule has 1 unspecified atom stereocenters. The third kappa shape index (κ3) is 1.90. The van der Waals surface area contributed by atoms with E-state index in [1.165, 1.54) is 5.57 Å². The maximum Gasteiger partial charge on any atom is 0.249 e. The van der Waals surface area contributed by atoms with Crippen molar-refractivity contribution in [3.63, 3.8) is 0 Å². The Morgan fingerprint density at radius 2 is 2.15 bits per heavy atom. The molecule has 20 heavy (non-hydrogen) atoms. The minimum atomic E-state index is -0.223. The number of hydrogen-bond acceptors (Lipinski definition) is 3. The number of allylic oxidation sites excluding steroid dienone is 3. The number of imide groups is 1. The first-order valence-corrected chi connectivity index (χ1v) is 7.22. The van der Waals surface area contributed by atoms with Gasteiger partial charge in [0.2, 0.25) is 11.8 Å². The number of hydrogen-bond donors (Lipinski definition) is 1. The number of piperidine rings is 1. The van der Waals surface area contributed by atoms with Gasteiger partial charge < -0.3 is 4.90 Å². The van der Waals surface area contributed by atoms with E-state index in [4.69, 9.17) is 0 Å². The van der Waals surface area contributed by atoms with Crippen LogP contribution in [0.1, 0.15) is 39.0 Å². The van der Waals surface area contributed by atoms with Crippen molar-refractivity contribution < 1.29 is 9.59 Å². The van der Waals surface area contributed by atoms with Gasteiger partial charge in [-0.3, -0.25) is 14.9 Å². The Labute approximate surface area is 119 Å². The molecule has 0 aromatic rings. The van der Waals surface area contributed by atoms with Crippen LogP contribution in [0.3, 0.4) is 0 Å². The first-order valence-electron chi connectivity index (χ1n) is 7.22. The second kappa shape index (κ2) is 4.62. The lowest BCUT2D eigenvalue weighted by molar-refractivity contribution is -0.137. The molecule has 4 heteroatoms. The van der Waals surface area contributed by atoms with Gasteiger partial charge in [0.05, 0.1) is 0 Å². The molecule has 0 aromatic heterocycles. The van der Waals surface area contributed by atoms with Crippen LogP contribution in [0.2, 0.25) is 0 Å². The Morgan fingerprint density at radius 1 is 1.40 bits per heavy atom. The first kappa shape index (κ1) is 13.2. The molecule has 2 heterocycles. The molecule has 0 aromatic carbocycles. The average Bonchev–Trinajstić information content (AvgIpc) is 3.11. The summed E-state index contributed by atoms with van der Waals surface area (Å²) in [5.41, 5.74) is 2.42. The average molecular weight is 272 g/mol. The largest absolute Gasteiger partial charge is 0.353 e. The van der Waals surface area contributed by atoms with Gasteiger partial charge in [-0.25, -0.2) is 0 Å². The fraction of sp³-hybridized carbons (Fsp3) is 0.500. The molecule has 106 valence electrons. The predicted octanol–water partition coefficient (Wildman–Crippen LogP) is 2.05. The molecule has 1 atom stereocenters. The minimum absolute atomic E-state index is 0.0980. The summed E-state index contributed by atoms with van der Waals surface area (Å²) in [4.78, 5) is 25.8. The van der Waals surface area contributed by atoms with E-state index >= 15 is 0 Å². The second-order valence-corrected chi connectivity index (χ2v) is 5.85. The normalized spacial score (nSPS) is 28.4. The van der Waals surface area contributed by atoms with Crippen LogP contribution in [-0.2, 0) is 9.59 Å². The van der Waals surface area contributed by atoms with Crippen LogP contribution < -0.4 is 5.32 Å². The lowest BCUT2D eigenvalue weighted by Gasteiger charge is -2.37. The summed E-state index contributed by atoms with van der Waals surface area (Å²) in [7, 11) is 0. The van der Waals surface area contributed by atoms with Crippen molar-refractivity contribution >= 4 is 11.8 Å². The van der Waals surface area contributed by atoms with Gasteiger partial charge in [0.15, 0.2) is 0 Å². The lowest BCUT2D eigenvalue weighted by Crippen LogP contribution is -2.54. The molecule has 2 amide bonds. The zero-order chi connectivity index (χ0) is 14.3. The van der Waals surface area contributed by atoms with Gasteiger partial charge >= 0.3 is 0 Å². The third-order valence-corrected chi connectivity index (χ3v) is 4.54. The maximum absolute atomic E-state index is 12.2. The fourth-order valence-corrected chi connectivity index (χ4v) is 3.45. The Kier molecular flexibility index (Phi) is 3.04. The molecule has 0 bridgehead atoms. The monoisotopic (exact) mass is 272 g/mol. The Hall–Kier alpha value is -1.84. The van der Waals surface area contributed by atoms with Crippen LogP contribution in [-0.4, -0.2) is 28.3 Å². The molecule has 2 fully saturated rings. The predicted molar refractivity (Wildman–Crippen MR) is 76.6 cm³/mol. The summed E-state index contributed by atoms with van der Waals surface area (Å²) < 4.78 is 0. The highest BCUT2D eigenvalue weighted by molar-refractivity contribution is 6.00. The molecule has 1 N–H and O–H groups in total. The zero-order valence-corrected chi connectivity index (χ0v) is 11.8. The molecule has 4 nitrogen and oxygen atoms in total. The molecule has 1 saturated heterocycles. The standard InChI is InChI=1S/C16H20N2O2/c1-3-5-12-11(4-2)10-16(8-9-16)18(12)13-6-7-14(19)17-15(13)20/h3-5,13H,2,6-10H2,1H3,(H,17,19,20)/b5-3-. The number of amides is 2. The van der Waals surface area contributed by atoms with Gasteiger partial charge in [-0.05, 0) is 44.3 Å². The van der Waals surface area contributed by atoms with E-state index in [9.17, 15) is 9.59 Å². The van der Waals surface area contributed by atoms with Crippen LogP contribution in [0.5, 0.6) is 0 Å². The number of rotatable bonds is 3. The van der Waals surface area contributed by atoms with Crippen LogP contribution in [0.25, 0.3) is 0 Å². The van der Waals surface area contributed by atoms with Crippen molar-refractivity contribution in [3.05, 3.63) is 36.1 Å². The lowest BCUT2D eigenvalue weighted by atomic mass is 10.0. The van der Waals surface area contributed by atoms with Gasteiger partial charge in [-0.15, -0.1) is 0 Å². The summed E-state index contributed by atoms with van der Waals surface area (Å²) in [5.74, 6) is -0.310. The SMILES string of the molecule is C=CC1=C(/C=C\C)N(C2CCC(=O)NC2=O)C2(CC2)C1. The molecule has 2 aliphatic heterocycles. The van der Waals surface area contributed by atoms with Gasteiger partial charge in [0, 0.05) is 17.7 Å². The third-order valence-electron chi connectivity index (χ3n) is 4.54. The topological polar surface area (TPSA) is 49.4 Å². The highest BCUT2D eigenvalue weighted by Gasteiger charge is 2.56. The van der Waals surface area contributed by atoms with Gasteiger partial charge in [-0.2, -0.15) is 0 Å². The minimum Gasteiger partial charge on any atom is -0.353 e. The maximum atomic E-state index is 12.2. The van der Waals surface area contributed by atoms with Crippen molar-refractivity contribution in [1.29, 1.82) is 0 Å². The van der Waals surface area contributed by atoms with E-state index in [0.29, 0.717) is 12.8 Å². The van der Waals surface area contributed by atoms with Crippen LogP contribution >= 0.6 is 0 Å². The molecule has 1 saturated carbocycles. The van der Waals surface area contributed by atoms with E-state index in [-0.39, 0.29) is 23.4 Å². The quantitative estimate of drug-likeness (QED) is 0.800. The molecule has 3 aliphatic rings. The number of carbonyl (C=O) groups excluding carboxylic acids is 2. The molecule has 3 rings (SSSR count). The zero-order valence-electron chi connectivity index (χ0n) is 11.8. The second-order valence-electron chi connectivity index (χ2n) is 5.85. The Bertz CT molecular complexity index is 541. The summed E-state index contributed by atoms with van der Waals surface area (Å²) in [6.45, 7) is 5.89. The number of carbonyl (C=O) groups is 2.